The SMILES string of the molecule is OCC1CCN(c2ccc(-c3nc(-c4cccc(Cl)c4)no3)cn2)CC1. The van der Waals surface area contributed by atoms with Gasteiger partial charge in [-0.25, -0.2) is 4.98 Å². The second-order valence-corrected chi connectivity index (χ2v) is 6.89. The number of halogens is 1. The Hall–Kier alpha value is -2.44. The van der Waals surface area contributed by atoms with Crippen molar-refractivity contribution in [2.75, 3.05) is 24.6 Å². The first-order chi connectivity index (χ1) is 12.7. The van der Waals surface area contributed by atoms with Gasteiger partial charge in [0.2, 0.25) is 5.82 Å². The van der Waals surface area contributed by atoms with Crippen molar-refractivity contribution in [1.82, 2.24) is 15.1 Å². The molecule has 1 N–H and O–H groups in total. The third-order valence-electron chi connectivity index (χ3n) is 4.70. The molecule has 1 fully saturated rings. The van der Waals surface area contributed by atoms with Gasteiger partial charge in [0.1, 0.15) is 5.82 Å². The molecular formula is C19H19ClN4O2. The zero-order valence-corrected chi connectivity index (χ0v) is 14.9. The quantitative estimate of drug-likeness (QED) is 0.755. The highest BCUT2D eigenvalue weighted by Gasteiger charge is 2.19. The maximum Gasteiger partial charge on any atom is 0.259 e. The highest BCUT2D eigenvalue weighted by atomic mass is 35.5. The molecule has 0 saturated carbocycles. The number of rotatable bonds is 4. The van der Waals surface area contributed by atoms with Crippen molar-refractivity contribution in [2.45, 2.75) is 12.8 Å². The molecule has 1 aliphatic heterocycles. The average Bonchev–Trinajstić information content (AvgIpc) is 3.18. The Morgan fingerprint density at radius 2 is 2.00 bits per heavy atom. The molecule has 6 nitrogen and oxygen atoms in total. The molecule has 1 saturated heterocycles. The molecular weight excluding hydrogens is 352 g/mol. The Labute approximate surface area is 156 Å². The van der Waals surface area contributed by atoms with E-state index in [0.29, 0.717) is 22.7 Å². The summed E-state index contributed by atoms with van der Waals surface area (Å²) in [7, 11) is 0. The molecule has 26 heavy (non-hydrogen) atoms. The summed E-state index contributed by atoms with van der Waals surface area (Å²) in [5, 5.41) is 13.9. The predicted octanol–water partition coefficient (Wildman–Crippen LogP) is 3.66. The minimum Gasteiger partial charge on any atom is -0.396 e. The third-order valence-corrected chi connectivity index (χ3v) is 4.94. The zero-order valence-electron chi connectivity index (χ0n) is 14.2. The van der Waals surface area contributed by atoms with Crippen LogP contribution in [0, 0.1) is 5.92 Å². The molecule has 0 unspecified atom stereocenters. The highest BCUT2D eigenvalue weighted by molar-refractivity contribution is 6.30. The van der Waals surface area contributed by atoms with Gasteiger partial charge in [-0.15, -0.1) is 0 Å². The Bertz CT molecular complexity index is 873. The van der Waals surface area contributed by atoms with Crippen molar-refractivity contribution in [3.63, 3.8) is 0 Å². The van der Waals surface area contributed by atoms with E-state index in [1.807, 2.05) is 24.3 Å². The van der Waals surface area contributed by atoms with E-state index in [2.05, 4.69) is 20.0 Å². The highest BCUT2D eigenvalue weighted by Crippen LogP contribution is 2.26. The fourth-order valence-corrected chi connectivity index (χ4v) is 3.32. The molecule has 3 aromatic rings. The number of hydrogen-bond acceptors (Lipinski definition) is 6. The largest absolute Gasteiger partial charge is 0.396 e. The van der Waals surface area contributed by atoms with Crippen LogP contribution in [-0.4, -0.2) is 39.9 Å². The third kappa shape index (κ3) is 3.57. The molecule has 0 radical (unpaired) electrons. The lowest BCUT2D eigenvalue weighted by Gasteiger charge is -2.31. The normalized spacial score (nSPS) is 15.4. The topological polar surface area (TPSA) is 75.3 Å². The summed E-state index contributed by atoms with van der Waals surface area (Å²) in [5.74, 6) is 2.27. The van der Waals surface area contributed by atoms with Crippen LogP contribution in [-0.2, 0) is 0 Å². The first-order valence-corrected chi connectivity index (χ1v) is 9.02. The monoisotopic (exact) mass is 370 g/mol. The van der Waals surface area contributed by atoms with Crippen LogP contribution in [0.1, 0.15) is 12.8 Å². The number of anilines is 1. The first kappa shape index (κ1) is 17.0. The predicted molar refractivity (Wildman–Crippen MR) is 100.0 cm³/mol. The van der Waals surface area contributed by atoms with Gasteiger partial charge < -0.3 is 14.5 Å². The van der Waals surface area contributed by atoms with Crippen molar-refractivity contribution in [3.05, 3.63) is 47.6 Å². The molecule has 0 aliphatic carbocycles. The molecule has 2 aromatic heterocycles. The summed E-state index contributed by atoms with van der Waals surface area (Å²) in [6, 6.07) is 11.3. The second-order valence-electron chi connectivity index (χ2n) is 6.45. The molecule has 134 valence electrons. The van der Waals surface area contributed by atoms with Crippen LogP contribution in [0.4, 0.5) is 5.82 Å². The smallest absolute Gasteiger partial charge is 0.259 e. The van der Waals surface area contributed by atoms with Crippen molar-refractivity contribution >= 4 is 17.4 Å². The molecule has 1 aliphatic rings. The Kier molecular flexibility index (Phi) is 4.86. The van der Waals surface area contributed by atoms with Gasteiger partial charge in [-0.2, -0.15) is 4.98 Å². The molecule has 0 amide bonds. The zero-order chi connectivity index (χ0) is 17.9. The number of piperidine rings is 1. The molecule has 3 heterocycles. The summed E-state index contributed by atoms with van der Waals surface area (Å²) < 4.78 is 5.37. The van der Waals surface area contributed by atoms with Gasteiger partial charge >= 0.3 is 0 Å². The van der Waals surface area contributed by atoms with Crippen LogP contribution in [0.5, 0.6) is 0 Å². The minimum absolute atomic E-state index is 0.270. The maximum atomic E-state index is 9.25. The fraction of sp³-hybridized carbons (Fsp3) is 0.316. The molecule has 1 aromatic carbocycles. The van der Waals surface area contributed by atoms with E-state index in [9.17, 15) is 5.11 Å². The summed E-state index contributed by atoms with van der Waals surface area (Å²) in [6.07, 6.45) is 3.74. The number of aromatic nitrogens is 3. The number of nitrogens with zero attached hydrogens (tertiary/aromatic N) is 4. The summed E-state index contributed by atoms with van der Waals surface area (Å²) in [4.78, 5) is 11.2. The molecule has 4 rings (SSSR count). The van der Waals surface area contributed by atoms with Gasteiger partial charge in [-0.1, -0.05) is 28.9 Å². The van der Waals surface area contributed by atoms with E-state index >= 15 is 0 Å². The maximum absolute atomic E-state index is 9.25. The summed E-state index contributed by atoms with van der Waals surface area (Å²) >= 11 is 6.01. The van der Waals surface area contributed by atoms with Crippen molar-refractivity contribution in [3.8, 4) is 22.8 Å². The summed E-state index contributed by atoms with van der Waals surface area (Å²) in [5.41, 5.74) is 1.59. The lowest BCUT2D eigenvalue weighted by molar-refractivity contribution is 0.203. The average molecular weight is 371 g/mol. The van der Waals surface area contributed by atoms with E-state index in [0.717, 1.165) is 42.9 Å². The lowest BCUT2D eigenvalue weighted by Crippen LogP contribution is -2.35. The van der Waals surface area contributed by atoms with Gasteiger partial charge in [0.05, 0.1) is 5.56 Å². The van der Waals surface area contributed by atoms with Crippen molar-refractivity contribution in [2.24, 2.45) is 5.92 Å². The standard InChI is InChI=1S/C19H19ClN4O2/c20-16-3-1-2-14(10-16)18-22-19(26-23-18)15-4-5-17(21-11-15)24-8-6-13(12-25)7-9-24/h1-5,10-11,13,25H,6-9,12H2. The van der Waals surface area contributed by atoms with Crippen LogP contribution in [0.2, 0.25) is 5.02 Å². The summed E-state index contributed by atoms with van der Waals surface area (Å²) in [6.45, 7) is 2.10. The van der Waals surface area contributed by atoms with E-state index in [1.165, 1.54) is 0 Å². The van der Waals surface area contributed by atoms with Crippen LogP contribution < -0.4 is 4.90 Å². The van der Waals surface area contributed by atoms with Crippen molar-refractivity contribution in [1.29, 1.82) is 0 Å². The van der Waals surface area contributed by atoms with Gasteiger partial charge in [-0.05, 0) is 43.0 Å². The van der Waals surface area contributed by atoms with Crippen LogP contribution in [0.15, 0.2) is 47.1 Å². The Balaban J connectivity index is 1.49. The van der Waals surface area contributed by atoms with Gasteiger partial charge in [-0.3, -0.25) is 0 Å². The Morgan fingerprint density at radius 1 is 1.15 bits per heavy atom. The van der Waals surface area contributed by atoms with Gasteiger partial charge in [0, 0.05) is 36.5 Å². The van der Waals surface area contributed by atoms with E-state index in [-0.39, 0.29) is 6.61 Å². The van der Waals surface area contributed by atoms with Crippen molar-refractivity contribution < 1.29 is 9.63 Å². The van der Waals surface area contributed by atoms with Crippen LogP contribution in [0.3, 0.4) is 0 Å². The van der Waals surface area contributed by atoms with Crippen LogP contribution in [0.25, 0.3) is 22.8 Å². The van der Waals surface area contributed by atoms with Crippen LogP contribution >= 0.6 is 11.6 Å². The number of pyridine rings is 1. The minimum atomic E-state index is 0.270. The molecule has 7 heteroatoms. The second kappa shape index (κ2) is 7.43. The molecule has 0 spiro atoms. The molecule has 0 bridgehead atoms. The molecule has 0 atom stereocenters. The number of aliphatic hydroxyl groups excluding tert-OH is 1. The van der Waals surface area contributed by atoms with Gasteiger partial charge in [0.15, 0.2) is 0 Å². The van der Waals surface area contributed by atoms with E-state index < -0.39 is 0 Å². The fourth-order valence-electron chi connectivity index (χ4n) is 3.13. The first-order valence-electron chi connectivity index (χ1n) is 8.65. The Morgan fingerprint density at radius 3 is 2.69 bits per heavy atom. The number of aliphatic hydroxyl groups is 1. The van der Waals surface area contributed by atoms with Gasteiger partial charge in [0.25, 0.3) is 5.89 Å². The number of benzene rings is 1. The van der Waals surface area contributed by atoms with E-state index in [4.69, 9.17) is 16.1 Å². The number of hydrogen-bond donors (Lipinski definition) is 1. The van der Waals surface area contributed by atoms with E-state index in [1.54, 1.807) is 18.3 Å². The lowest BCUT2D eigenvalue weighted by atomic mass is 9.98.